The van der Waals surface area contributed by atoms with Gasteiger partial charge in [-0.15, -0.1) is 0 Å². The van der Waals surface area contributed by atoms with Gasteiger partial charge in [-0.3, -0.25) is 9.59 Å². The van der Waals surface area contributed by atoms with Crippen molar-refractivity contribution in [3.05, 3.63) is 0 Å². The number of hydrogen-bond acceptors (Lipinski definition) is 2. The summed E-state index contributed by atoms with van der Waals surface area (Å²) in [5.41, 5.74) is 0. The van der Waals surface area contributed by atoms with Gasteiger partial charge in [-0.1, -0.05) is 13.8 Å². The van der Waals surface area contributed by atoms with Crippen LogP contribution in [0, 0.1) is 29.6 Å². The molecule has 18 heavy (non-hydrogen) atoms. The first-order valence-electron chi connectivity index (χ1n) is 7.33. The maximum atomic E-state index is 12.0. The van der Waals surface area contributed by atoms with E-state index in [-0.39, 0.29) is 11.8 Å². The molecule has 1 saturated heterocycles. The molecule has 4 fully saturated rings. The Balaban J connectivity index is 0.000000574. The number of hydrogen-bond donors (Lipinski definition) is 0. The highest BCUT2D eigenvalue weighted by Crippen LogP contribution is 2.54. The summed E-state index contributed by atoms with van der Waals surface area (Å²) >= 11 is 0. The molecule has 3 nitrogen and oxygen atoms in total. The van der Waals surface area contributed by atoms with Crippen molar-refractivity contribution in [3.8, 4) is 0 Å². The molecule has 0 N–H and O–H groups in total. The number of rotatable bonds is 1. The molecule has 3 aliphatic carbocycles. The molecule has 1 amide bonds. The molecule has 0 spiro atoms. The summed E-state index contributed by atoms with van der Waals surface area (Å²) in [6, 6.07) is 0. The lowest BCUT2D eigenvalue weighted by molar-refractivity contribution is -0.158. The Morgan fingerprint density at radius 2 is 1.83 bits per heavy atom. The normalized spacial score (nSPS) is 41.2. The lowest BCUT2D eigenvalue weighted by Gasteiger charge is -2.55. The van der Waals surface area contributed by atoms with Gasteiger partial charge in [0.25, 0.3) is 0 Å². The average molecular weight is 251 g/mol. The molecular weight excluding hydrogens is 226 g/mol. The van der Waals surface area contributed by atoms with Crippen molar-refractivity contribution in [2.45, 2.75) is 40.0 Å². The Bertz CT molecular complexity index is 352. The summed E-state index contributed by atoms with van der Waals surface area (Å²) in [4.78, 5) is 25.5. The molecular formula is C15H25NO2. The second-order valence-corrected chi connectivity index (χ2v) is 5.93. The highest BCUT2D eigenvalue weighted by molar-refractivity contribution is 5.82. The number of Topliss-reactive ketones (excluding diaryl/α,β-unsaturated/α-hetero) is 1. The lowest BCUT2D eigenvalue weighted by atomic mass is 9.53. The predicted octanol–water partition coefficient (Wildman–Crippen LogP) is 2.35. The number of fused-ring (bicyclic) bond motifs is 1. The largest absolute Gasteiger partial charge is 0.345 e. The molecule has 5 atom stereocenters. The molecule has 4 rings (SSSR count). The summed E-state index contributed by atoms with van der Waals surface area (Å²) in [7, 11) is 1.92. The minimum atomic E-state index is 0.234. The van der Waals surface area contributed by atoms with Crippen molar-refractivity contribution in [2.24, 2.45) is 29.6 Å². The fourth-order valence-electron chi connectivity index (χ4n) is 4.38. The molecule has 1 heterocycles. The van der Waals surface area contributed by atoms with Crippen LogP contribution >= 0.6 is 0 Å². The maximum absolute atomic E-state index is 12.0. The third-order valence-corrected chi connectivity index (χ3v) is 5.10. The topological polar surface area (TPSA) is 37.4 Å². The first kappa shape index (κ1) is 13.6. The van der Waals surface area contributed by atoms with Crippen LogP contribution in [-0.4, -0.2) is 30.2 Å². The van der Waals surface area contributed by atoms with E-state index < -0.39 is 0 Å². The Hall–Kier alpha value is -0.860. The van der Waals surface area contributed by atoms with Crippen molar-refractivity contribution in [2.75, 3.05) is 13.6 Å². The Labute approximate surface area is 110 Å². The Morgan fingerprint density at radius 1 is 1.17 bits per heavy atom. The van der Waals surface area contributed by atoms with Gasteiger partial charge in [0.1, 0.15) is 5.78 Å². The van der Waals surface area contributed by atoms with Crippen molar-refractivity contribution < 1.29 is 9.59 Å². The number of piperidine rings is 1. The van der Waals surface area contributed by atoms with E-state index in [4.69, 9.17) is 0 Å². The van der Waals surface area contributed by atoms with Crippen molar-refractivity contribution in [1.29, 1.82) is 0 Å². The fourth-order valence-corrected chi connectivity index (χ4v) is 4.38. The van der Waals surface area contributed by atoms with E-state index in [0.717, 1.165) is 19.4 Å². The second kappa shape index (κ2) is 5.02. The molecule has 102 valence electrons. The van der Waals surface area contributed by atoms with Crippen LogP contribution in [0.15, 0.2) is 0 Å². The van der Waals surface area contributed by atoms with E-state index in [1.807, 2.05) is 25.8 Å². The van der Waals surface area contributed by atoms with Gasteiger partial charge in [0, 0.05) is 25.4 Å². The van der Waals surface area contributed by atoms with Crippen molar-refractivity contribution >= 4 is 11.7 Å². The summed E-state index contributed by atoms with van der Waals surface area (Å²) in [6.07, 6.45) is 3.12. The monoisotopic (exact) mass is 251 g/mol. The van der Waals surface area contributed by atoms with Gasteiger partial charge in [-0.2, -0.15) is 0 Å². The quantitative estimate of drug-likeness (QED) is 0.717. The summed E-state index contributed by atoms with van der Waals surface area (Å²) in [5, 5.41) is 0. The van der Waals surface area contributed by atoms with E-state index >= 15 is 0 Å². The van der Waals surface area contributed by atoms with Gasteiger partial charge >= 0.3 is 0 Å². The molecule has 0 radical (unpaired) electrons. The van der Waals surface area contributed by atoms with Crippen LogP contribution in [0.25, 0.3) is 0 Å². The van der Waals surface area contributed by atoms with Crippen molar-refractivity contribution in [3.63, 3.8) is 0 Å². The van der Waals surface area contributed by atoms with Gasteiger partial charge in [0.05, 0.1) is 0 Å². The number of likely N-dealkylation sites (tertiary alicyclic amines) is 1. The van der Waals surface area contributed by atoms with Gasteiger partial charge in [0.2, 0.25) is 5.91 Å². The second-order valence-electron chi connectivity index (χ2n) is 5.93. The lowest BCUT2D eigenvalue weighted by Crippen LogP contribution is -2.57. The Kier molecular flexibility index (Phi) is 3.79. The van der Waals surface area contributed by atoms with Crippen molar-refractivity contribution in [1.82, 2.24) is 4.90 Å². The first-order chi connectivity index (χ1) is 8.58. The van der Waals surface area contributed by atoms with Crippen LogP contribution in [0.4, 0.5) is 0 Å². The zero-order valence-electron chi connectivity index (χ0n) is 12.0. The molecule has 5 unspecified atom stereocenters. The number of carbonyl (C=O) groups is 2. The van der Waals surface area contributed by atoms with E-state index in [1.54, 1.807) is 6.92 Å². The fraction of sp³-hybridized carbons (Fsp3) is 0.867. The van der Waals surface area contributed by atoms with E-state index in [9.17, 15) is 9.59 Å². The molecule has 0 aromatic carbocycles. The van der Waals surface area contributed by atoms with Crippen LogP contribution in [0.1, 0.15) is 40.0 Å². The highest BCUT2D eigenvalue weighted by atomic mass is 16.2. The average Bonchev–Trinajstić information content (AvgIpc) is 2.38. The van der Waals surface area contributed by atoms with Gasteiger partial charge < -0.3 is 4.90 Å². The first-order valence-corrected chi connectivity index (χ1v) is 7.33. The minimum Gasteiger partial charge on any atom is -0.345 e. The standard InChI is InChI=1S/C13H19NO2.C2H6/c1-7(15)10-5-11-9-3-8(10)4-12(11)13(16)14(2)6-9;1-2/h8-12H,3-6H2,1-2H3;1-2H3. The van der Waals surface area contributed by atoms with Crippen LogP contribution in [0.5, 0.6) is 0 Å². The molecule has 3 heteroatoms. The number of carbonyl (C=O) groups excluding carboxylic acids is 2. The molecule has 0 aromatic rings. The zero-order chi connectivity index (χ0) is 13.4. The summed E-state index contributed by atoms with van der Waals surface area (Å²) in [6.45, 7) is 6.64. The number of ketones is 1. The molecule has 0 aromatic heterocycles. The van der Waals surface area contributed by atoms with E-state index in [2.05, 4.69) is 0 Å². The molecule has 4 bridgehead atoms. The van der Waals surface area contributed by atoms with Crippen LogP contribution < -0.4 is 0 Å². The SMILES string of the molecule is CC.CC(=O)C1CC2C3CC1CC2C(=O)N(C)C3. The molecule has 1 aliphatic heterocycles. The van der Waals surface area contributed by atoms with Gasteiger partial charge in [-0.25, -0.2) is 0 Å². The molecule has 3 saturated carbocycles. The smallest absolute Gasteiger partial charge is 0.225 e. The minimum absolute atomic E-state index is 0.234. The Morgan fingerprint density at radius 3 is 2.39 bits per heavy atom. The van der Waals surface area contributed by atoms with Crippen LogP contribution in [0.3, 0.4) is 0 Å². The molecule has 4 aliphatic rings. The van der Waals surface area contributed by atoms with Crippen LogP contribution in [-0.2, 0) is 9.59 Å². The van der Waals surface area contributed by atoms with E-state index in [1.165, 1.54) is 6.42 Å². The predicted molar refractivity (Wildman–Crippen MR) is 71.0 cm³/mol. The third-order valence-electron chi connectivity index (χ3n) is 5.10. The zero-order valence-corrected chi connectivity index (χ0v) is 12.0. The van der Waals surface area contributed by atoms with E-state index in [0.29, 0.717) is 29.4 Å². The number of amides is 1. The summed E-state index contributed by atoms with van der Waals surface area (Å²) in [5.74, 6) is 2.83. The number of nitrogens with zero attached hydrogens (tertiary/aromatic N) is 1. The highest BCUT2D eigenvalue weighted by Gasteiger charge is 2.53. The van der Waals surface area contributed by atoms with Gasteiger partial charge in [0.15, 0.2) is 0 Å². The maximum Gasteiger partial charge on any atom is 0.225 e. The summed E-state index contributed by atoms with van der Waals surface area (Å²) < 4.78 is 0. The third kappa shape index (κ3) is 1.98. The van der Waals surface area contributed by atoms with Gasteiger partial charge in [-0.05, 0) is 43.9 Å². The van der Waals surface area contributed by atoms with Crippen LogP contribution in [0.2, 0.25) is 0 Å².